The van der Waals surface area contributed by atoms with Crippen LogP contribution in [0.3, 0.4) is 0 Å². The Morgan fingerprint density at radius 1 is 1.00 bits per heavy atom. The number of sulfonamides is 1. The van der Waals surface area contributed by atoms with Crippen LogP contribution < -0.4 is 0 Å². The summed E-state index contributed by atoms with van der Waals surface area (Å²) in [5, 5.41) is 0.000357. The molecule has 2 aromatic rings. The number of hydrogen-bond acceptors (Lipinski definition) is 5. The van der Waals surface area contributed by atoms with Gasteiger partial charge in [-0.15, -0.1) is 0 Å². The summed E-state index contributed by atoms with van der Waals surface area (Å²) in [6, 6.07) is 9.42. The number of ether oxygens (including phenoxy) is 1. The second-order valence-electron chi connectivity index (χ2n) is 7.12. The van der Waals surface area contributed by atoms with Gasteiger partial charge in [0.1, 0.15) is 4.90 Å². The Morgan fingerprint density at radius 2 is 1.66 bits per heavy atom. The van der Waals surface area contributed by atoms with Crippen molar-refractivity contribution >= 4 is 33.4 Å². The number of esters is 1. The molecule has 154 valence electrons. The van der Waals surface area contributed by atoms with Crippen molar-refractivity contribution < 1.29 is 22.7 Å². The molecule has 0 atom stereocenters. The molecule has 1 aliphatic carbocycles. The van der Waals surface area contributed by atoms with Gasteiger partial charge in [0.05, 0.1) is 10.6 Å². The number of nitrogens with zero attached hydrogens (tertiary/aromatic N) is 1. The van der Waals surface area contributed by atoms with E-state index in [1.165, 1.54) is 37.4 Å². The summed E-state index contributed by atoms with van der Waals surface area (Å²) in [5.74, 6) is -1.09. The lowest BCUT2D eigenvalue weighted by atomic mass is 9.90. The van der Waals surface area contributed by atoms with Crippen LogP contribution in [-0.4, -0.2) is 45.2 Å². The van der Waals surface area contributed by atoms with E-state index in [2.05, 4.69) is 0 Å². The van der Waals surface area contributed by atoms with Crippen LogP contribution in [0.1, 0.15) is 44.7 Å². The van der Waals surface area contributed by atoms with Gasteiger partial charge in [-0.05, 0) is 61.1 Å². The maximum absolute atomic E-state index is 12.4. The van der Waals surface area contributed by atoms with Crippen molar-refractivity contribution in [2.45, 2.75) is 30.6 Å². The molecule has 0 radical (unpaired) electrons. The molecule has 0 N–H and O–H groups in total. The van der Waals surface area contributed by atoms with Crippen LogP contribution >= 0.6 is 11.6 Å². The van der Waals surface area contributed by atoms with E-state index < -0.39 is 22.6 Å². The molecule has 0 aromatic heterocycles. The van der Waals surface area contributed by atoms with Gasteiger partial charge in [0, 0.05) is 19.7 Å². The van der Waals surface area contributed by atoms with E-state index in [9.17, 15) is 18.0 Å². The summed E-state index contributed by atoms with van der Waals surface area (Å²) >= 11 is 5.98. The smallest absolute Gasteiger partial charge is 0.338 e. The summed E-state index contributed by atoms with van der Waals surface area (Å²) in [6.07, 6.45) is 4.23. The van der Waals surface area contributed by atoms with E-state index >= 15 is 0 Å². The average molecular weight is 436 g/mol. The highest BCUT2D eigenvalue weighted by Gasteiger charge is 2.23. The van der Waals surface area contributed by atoms with E-state index in [0.29, 0.717) is 5.56 Å². The third-order valence-electron chi connectivity index (χ3n) is 4.93. The zero-order valence-electron chi connectivity index (χ0n) is 16.3. The SMILES string of the molecule is CN(C)S(=O)(=O)c1cc(C(=O)OCC(=O)c2ccc3c(c2)CCCC3)ccc1Cl. The molecular formula is C21H22ClNO5S. The second-order valence-corrected chi connectivity index (χ2v) is 9.65. The largest absolute Gasteiger partial charge is 0.454 e. The fraction of sp³-hybridized carbons (Fsp3) is 0.333. The van der Waals surface area contributed by atoms with Crippen LogP contribution in [0, 0.1) is 0 Å². The van der Waals surface area contributed by atoms with Crippen LogP contribution in [0.4, 0.5) is 0 Å². The van der Waals surface area contributed by atoms with Gasteiger partial charge in [-0.25, -0.2) is 17.5 Å². The van der Waals surface area contributed by atoms with Crippen molar-refractivity contribution in [2.75, 3.05) is 20.7 Å². The summed E-state index contributed by atoms with van der Waals surface area (Å²) in [6.45, 7) is -0.421. The Kier molecular flexibility index (Phi) is 6.41. The highest BCUT2D eigenvalue weighted by molar-refractivity contribution is 7.89. The summed E-state index contributed by atoms with van der Waals surface area (Å²) in [5.41, 5.74) is 2.95. The normalized spacial score (nSPS) is 13.8. The van der Waals surface area contributed by atoms with E-state index in [4.69, 9.17) is 16.3 Å². The summed E-state index contributed by atoms with van der Waals surface area (Å²) in [4.78, 5) is 24.6. The number of hydrogen-bond donors (Lipinski definition) is 0. The number of fused-ring (bicyclic) bond motifs is 1. The van der Waals surface area contributed by atoms with Crippen LogP contribution in [0.5, 0.6) is 0 Å². The highest BCUT2D eigenvalue weighted by Crippen LogP contribution is 2.25. The molecule has 0 saturated carbocycles. The van der Waals surface area contributed by atoms with Gasteiger partial charge in [0.15, 0.2) is 12.4 Å². The zero-order chi connectivity index (χ0) is 21.2. The number of Topliss-reactive ketones (excluding diaryl/α,β-unsaturated/α-hetero) is 1. The first-order valence-corrected chi connectivity index (χ1v) is 11.1. The molecule has 8 heteroatoms. The zero-order valence-corrected chi connectivity index (χ0v) is 17.8. The van der Waals surface area contributed by atoms with Crippen molar-refractivity contribution in [3.63, 3.8) is 0 Å². The predicted octanol–water partition coefficient (Wildman–Crippen LogP) is 3.51. The number of carbonyl (C=O) groups excluding carboxylic acids is 2. The number of aryl methyl sites for hydroxylation is 2. The number of rotatable bonds is 6. The number of benzene rings is 2. The molecule has 1 aliphatic rings. The van der Waals surface area contributed by atoms with Gasteiger partial charge >= 0.3 is 5.97 Å². The van der Waals surface area contributed by atoms with Gasteiger partial charge in [0.25, 0.3) is 0 Å². The average Bonchev–Trinajstić information content (AvgIpc) is 2.71. The van der Waals surface area contributed by atoms with Crippen molar-refractivity contribution in [1.29, 1.82) is 0 Å². The molecule has 0 aliphatic heterocycles. The van der Waals surface area contributed by atoms with Gasteiger partial charge in [-0.2, -0.15) is 0 Å². The van der Waals surface area contributed by atoms with Crippen molar-refractivity contribution in [3.05, 3.63) is 63.7 Å². The van der Waals surface area contributed by atoms with Crippen molar-refractivity contribution in [2.24, 2.45) is 0 Å². The minimum Gasteiger partial charge on any atom is -0.454 e. The number of carbonyl (C=O) groups is 2. The van der Waals surface area contributed by atoms with Gasteiger partial charge in [-0.1, -0.05) is 23.7 Å². The van der Waals surface area contributed by atoms with E-state index in [1.54, 1.807) is 6.07 Å². The molecule has 2 aromatic carbocycles. The van der Waals surface area contributed by atoms with E-state index in [0.717, 1.165) is 36.1 Å². The number of halogens is 1. The molecule has 0 saturated heterocycles. The maximum atomic E-state index is 12.4. The first-order chi connectivity index (χ1) is 13.7. The molecule has 0 unspecified atom stereocenters. The Bertz CT molecular complexity index is 1060. The second kappa shape index (κ2) is 8.65. The van der Waals surface area contributed by atoms with Gasteiger partial charge in [0.2, 0.25) is 10.0 Å². The topological polar surface area (TPSA) is 80.8 Å². The molecule has 0 amide bonds. The Hall–Kier alpha value is -2.22. The molecule has 29 heavy (non-hydrogen) atoms. The van der Waals surface area contributed by atoms with Crippen molar-refractivity contribution in [1.82, 2.24) is 4.31 Å². The predicted molar refractivity (Wildman–Crippen MR) is 110 cm³/mol. The fourth-order valence-corrected chi connectivity index (χ4v) is 4.62. The third-order valence-corrected chi connectivity index (χ3v) is 7.23. The van der Waals surface area contributed by atoms with E-state index in [-0.39, 0.29) is 21.3 Å². The lowest BCUT2D eigenvalue weighted by molar-refractivity contribution is 0.0474. The molecular weight excluding hydrogens is 414 g/mol. The molecule has 0 bridgehead atoms. The van der Waals surface area contributed by atoms with Gasteiger partial charge < -0.3 is 4.74 Å². The Labute approximate surface area is 175 Å². The third kappa shape index (κ3) is 4.69. The van der Waals surface area contributed by atoms with E-state index in [1.807, 2.05) is 12.1 Å². The maximum Gasteiger partial charge on any atom is 0.338 e. The molecule has 0 spiro atoms. The molecule has 6 nitrogen and oxygen atoms in total. The molecule has 0 fully saturated rings. The fourth-order valence-electron chi connectivity index (χ4n) is 3.23. The van der Waals surface area contributed by atoms with Gasteiger partial charge in [-0.3, -0.25) is 4.79 Å². The standard InChI is InChI=1S/C21H22ClNO5S/c1-23(2)29(26,27)20-12-17(9-10-18(20)22)21(25)28-13-19(24)16-8-7-14-5-3-4-6-15(14)11-16/h7-12H,3-6,13H2,1-2H3. The highest BCUT2D eigenvalue weighted by atomic mass is 35.5. The quantitative estimate of drug-likeness (QED) is 0.512. The minimum atomic E-state index is -3.82. The number of ketones is 1. The molecule has 0 heterocycles. The summed E-state index contributed by atoms with van der Waals surface area (Å²) in [7, 11) is -1.08. The van der Waals surface area contributed by atoms with Crippen LogP contribution in [0.2, 0.25) is 5.02 Å². The van der Waals surface area contributed by atoms with Crippen molar-refractivity contribution in [3.8, 4) is 0 Å². The molecule has 3 rings (SSSR count). The minimum absolute atomic E-state index is 0.000357. The first-order valence-electron chi connectivity index (χ1n) is 9.24. The Morgan fingerprint density at radius 3 is 2.34 bits per heavy atom. The van der Waals surface area contributed by atoms with Crippen LogP contribution in [0.15, 0.2) is 41.3 Å². The monoisotopic (exact) mass is 435 g/mol. The van der Waals surface area contributed by atoms with Crippen LogP contribution in [-0.2, 0) is 27.6 Å². The summed E-state index contributed by atoms with van der Waals surface area (Å²) < 4.78 is 30.8. The lowest BCUT2D eigenvalue weighted by Gasteiger charge is -2.16. The lowest BCUT2D eigenvalue weighted by Crippen LogP contribution is -2.23. The van der Waals surface area contributed by atoms with Crippen LogP contribution in [0.25, 0.3) is 0 Å². The first kappa shape index (κ1) is 21.5. The Balaban J connectivity index is 1.72.